The summed E-state index contributed by atoms with van der Waals surface area (Å²) in [5.74, 6) is -0.0282. The van der Waals surface area contributed by atoms with Gasteiger partial charge in [0.15, 0.2) is 0 Å². The molecular weight excluding hydrogens is 268 g/mol. The molecule has 1 aromatic carbocycles. The van der Waals surface area contributed by atoms with E-state index in [0.29, 0.717) is 6.54 Å². The van der Waals surface area contributed by atoms with E-state index in [2.05, 4.69) is 28.4 Å². The number of hydrogen-bond acceptors (Lipinski definition) is 4. The summed E-state index contributed by atoms with van der Waals surface area (Å²) in [5.41, 5.74) is 2.29. The number of rotatable bonds is 6. The fourth-order valence-corrected chi connectivity index (χ4v) is 2.88. The highest BCUT2D eigenvalue weighted by molar-refractivity contribution is 5.70. The summed E-state index contributed by atoms with van der Waals surface area (Å²) >= 11 is 0. The second-order valence-corrected chi connectivity index (χ2v) is 5.59. The summed E-state index contributed by atoms with van der Waals surface area (Å²) in [6.07, 6.45) is 1.74. The summed E-state index contributed by atoms with van der Waals surface area (Å²) in [5, 5.41) is 12.3. The van der Waals surface area contributed by atoms with E-state index in [1.165, 1.54) is 0 Å². The molecule has 0 radical (unpaired) electrons. The quantitative estimate of drug-likeness (QED) is 0.836. The van der Waals surface area contributed by atoms with Gasteiger partial charge in [0, 0.05) is 25.2 Å². The fraction of sp³-hybridized carbons (Fsp3) is 0.562. The topological polar surface area (TPSA) is 61.8 Å². The van der Waals surface area contributed by atoms with Crippen LogP contribution in [0.15, 0.2) is 18.2 Å². The van der Waals surface area contributed by atoms with Crippen molar-refractivity contribution < 1.29 is 14.6 Å². The van der Waals surface area contributed by atoms with Crippen LogP contribution < -0.4 is 10.1 Å². The van der Waals surface area contributed by atoms with Gasteiger partial charge in [0.25, 0.3) is 0 Å². The number of nitrogens with zero attached hydrogens (tertiary/aromatic N) is 1. The molecule has 5 heteroatoms. The van der Waals surface area contributed by atoms with Crippen molar-refractivity contribution in [3.05, 3.63) is 29.3 Å². The Balaban J connectivity index is 2.03. The van der Waals surface area contributed by atoms with Crippen LogP contribution in [0.25, 0.3) is 0 Å². The number of carboxylic acids is 1. The number of likely N-dealkylation sites (tertiary alicyclic amines) is 1. The Bertz CT molecular complexity index is 490. The molecule has 2 N–H and O–H groups in total. The standard InChI is InChI=1S/C16H24N2O3/c1-17-9-13-6-5-12(8-15(13)21-2)10-18-7-3-4-14(11-18)16(19)20/h5-6,8,14,17H,3-4,7,9-11H2,1-2H3,(H,19,20). The van der Waals surface area contributed by atoms with E-state index in [1.807, 2.05) is 7.05 Å². The van der Waals surface area contributed by atoms with Crippen molar-refractivity contribution in [1.82, 2.24) is 10.2 Å². The minimum absolute atomic E-state index is 0.232. The molecule has 116 valence electrons. The van der Waals surface area contributed by atoms with Gasteiger partial charge in [-0.3, -0.25) is 9.69 Å². The highest BCUT2D eigenvalue weighted by Gasteiger charge is 2.25. The van der Waals surface area contributed by atoms with E-state index in [1.54, 1.807) is 7.11 Å². The van der Waals surface area contributed by atoms with Crippen LogP contribution in [0.2, 0.25) is 0 Å². The van der Waals surface area contributed by atoms with Gasteiger partial charge >= 0.3 is 5.97 Å². The van der Waals surface area contributed by atoms with Crippen LogP contribution in [0, 0.1) is 5.92 Å². The zero-order chi connectivity index (χ0) is 15.2. The highest BCUT2D eigenvalue weighted by atomic mass is 16.5. The summed E-state index contributed by atoms with van der Waals surface area (Å²) in [6, 6.07) is 6.22. The summed E-state index contributed by atoms with van der Waals surface area (Å²) in [7, 11) is 3.59. The Kier molecular flexibility index (Phi) is 5.59. The number of ether oxygens (including phenoxy) is 1. The van der Waals surface area contributed by atoms with E-state index < -0.39 is 5.97 Å². The van der Waals surface area contributed by atoms with Gasteiger partial charge in [-0.05, 0) is 38.1 Å². The maximum atomic E-state index is 11.1. The highest BCUT2D eigenvalue weighted by Crippen LogP contribution is 2.23. The second-order valence-electron chi connectivity index (χ2n) is 5.59. The Labute approximate surface area is 125 Å². The second kappa shape index (κ2) is 7.43. The molecule has 1 unspecified atom stereocenters. The summed E-state index contributed by atoms with van der Waals surface area (Å²) in [4.78, 5) is 13.3. The number of piperidine rings is 1. The van der Waals surface area contributed by atoms with Crippen molar-refractivity contribution >= 4 is 5.97 Å². The number of carboxylic acid groups (broad SMARTS) is 1. The normalized spacial score (nSPS) is 19.4. The van der Waals surface area contributed by atoms with Gasteiger partial charge < -0.3 is 15.2 Å². The molecule has 21 heavy (non-hydrogen) atoms. The number of methoxy groups -OCH3 is 1. The van der Waals surface area contributed by atoms with Crippen molar-refractivity contribution in [3.63, 3.8) is 0 Å². The van der Waals surface area contributed by atoms with Crippen LogP contribution in [0.4, 0.5) is 0 Å². The van der Waals surface area contributed by atoms with Crippen molar-refractivity contribution in [3.8, 4) is 5.75 Å². The van der Waals surface area contributed by atoms with Gasteiger partial charge in [0.2, 0.25) is 0 Å². The van der Waals surface area contributed by atoms with Crippen molar-refractivity contribution in [2.45, 2.75) is 25.9 Å². The molecule has 0 spiro atoms. The third-order valence-corrected chi connectivity index (χ3v) is 3.98. The maximum Gasteiger partial charge on any atom is 0.307 e. The van der Waals surface area contributed by atoms with E-state index in [0.717, 1.165) is 49.4 Å². The van der Waals surface area contributed by atoms with Gasteiger partial charge in [-0.25, -0.2) is 0 Å². The number of hydrogen-bond donors (Lipinski definition) is 2. The average molecular weight is 292 g/mol. The van der Waals surface area contributed by atoms with E-state index in [4.69, 9.17) is 9.84 Å². The summed E-state index contributed by atoms with van der Waals surface area (Å²) in [6.45, 7) is 3.15. The van der Waals surface area contributed by atoms with Crippen molar-refractivity contribution in [1.29, 1.82) is 0 Å². The molecule has 5 nitrogen and oxygen atoms in total. The van der Waals surface area contributed by atoms with Crippen molar-refractivity contribution in [2.75, 3.05) is 27.2 Å². The molecule has 0 amide bonds. The number of aliphatic carboxylic acids is 1. The molecule has 1 aliphatic heterocycles. The first kappa shape index (κ1) is 15.8. The molecule has 1 aromatic rings. The monoisotopic (exact) mass is 292 g/mol. The lowest BCUT2D eigenvalue weighted by molar-refractivity contribution is -0.143. The van der Waals surface area contributed by atoms with Crippen LogP contribution >= 0.6 is 0 Å². The van der Waals surface area contributed by atoms with Gasteiger partial charge in [0.05, 0.1) is 13.0 Å². The Morgan fingerprint density at radius 2 is 2.33 bits per heavy atom. The van der Waals surface area contributed by atoms with Gasteiger partial charge in [-0.1, -0.05) is 12.1 Å². The molecular formula is C16H24N2O3. The van der Waals surface area contributed by atoms with Gasteiger partial charge in [-0.15, -0.1) is 0 Å². The van der Waals surface area contributed by atoms with E-state index in [9.17, 15) is 4.79 Å². The first-order chi connectivity index (χ1) is 10.1. The molecule has 1 atom stereocenters. The lowest BCUT2D eigenvalue weighted by atomic mass is 9.97. The van der Waals surface area contributed by atoms with E-state index in [-0.39, 0.29) is 5.92 Å². The SMILES string of the molecule is CNCc1ccc(CN2CCCC(C(=O)O)C2)cc1OC. The predicted molar refractivity (Wildman–Crippen MR) is 81.4 cm³/mol. The third kappa shape index (κ3) is 4.19. The van der Waals surface area contributed by atoms with Crippen LogP contribution in [0.3, 0.4) is 0 Å². The number of nitrogens with one attached hydrogen (secondary N) is 1. The van der Waals surface area contributed by atoms with Crippen LogP contribution in [-0.2, 0) is 17.9 Å². The smallest absolute Gasteiger partial charge is 0.307 e. The van der Waals surface area contributed by atoms with Crippen molar-refractivity contribution in [2.24, 2.45) is 5.92 Å². The molecule has 0 aromatic heterocycles. The fourth-order valence-electron chi connectivity index (χ4n) is 2.88. The molecule has 0 saturated carbocycles. The maximum absolute atomic E-state index is 11.1. The molecule has 1 aliphatic rings. The first-order valence-corrected chi connectivity index (χ1v) is 7.39. The van der Waals surface area contributed by atoms with E-state index >= 15 is 0 Å². The molecule has 1 heterocycles. The molecule has 1 fully saturated rings. The molecule has 0 bridgehead atoms. The van der Waals surface area contributed by atoms with Crippen LogP contribution in [-0.4, -0.2) is 43.2 Å². The molecule has 2 rings (SSSR count). The zero-order valence-electron chi connectivity index (χ0n) is 12.8. The first-order valence-electron chi connectivity index (χ1n) is 7.39. The zero-order valence-corrected chi connectivity index (χ0v) is 12.8. The third-order valence-electron chi connectivity index (χ3n) is 3.98. The molecule has 0 aliphatic carbocycles. The Morgan fingerprint density at radius 3 is 3.00 bits per heavy atom. The minimum Gasteiger partial charge on any atom is -0.496 e. The largest absolute Gasteiger partial charge is 0.496 e. The number of carbonyl (C=O) groups is 1. The number of benzene rings is 1. The molecule has 1 saturated heterocycles. The Hall–Kier alpha value is -1.59. The lowest BCUT2D eigenvalue weighted by Crippen LogP contribution is -2.38. The lowest BCUT2D eigenvalue weighted by Gasteiger charge is -2.30. The van der Waals surface area contributed by atoms with Crippen LogP contribution in [0.5, 0.6) is 5.75 Å². The predicted octanol–water partition coefficient (Wildman–Crippen LogP) is 1.71. The summed E-state index contributed by atoms with van der Waals surface area (Å²) < 4.78 is 5.43. The van der Waals surface area contributed by atoms with Crippen LogP contribution in [0.1, 0.15) is 24.0 Å². The van der Waals surface area contributed by atoms with Gasteiger partial charge in [-0.2, -0.15) is 0 Å². The minimum atomic E-state index is -0.679. The van der Waals surface area contributed by atoms with Gasteiger partial charge in [0.1, 0.15) is 5.75 Å². The average Bonchev–Trinajstić information content (AvgIpc) is 2.49. The Morgan fingerprint density at radius 1 is 1.52 bits per heavy atom.